The van der Waals surface area contributed by atoms with Crippen molar-refractivity contribution in [3.8, 4) is 0 Å². The molecule has 3 aliphatic rings. The average Bonchev–Trinajstić information content (AvgIpc) is 2.51. The smallest absolute Gasteiger partial charge is 0.0678 e. The molecule has 3 fully saturated rings. The molecule has 2 bridgehead atoms. The normalized spacial score (nSPS) is 48.5. The van der Waals surface area contributed by atoms with Crippen LogP contribution in [0.4, 0.5) is 0 Å². The standard InChI is InChI=1S/C14H26N2O/c1-10-8-16(9-11(2)17-10)14-6-12-4-5-13(7-14)15(12)3/h10-14H,4-9H2,1-3H3. The van der Waals surface area contributed by atoms with Crippen molar-refractivity contribution in [1.29, 1.82) is 0 Å². The highest BCUT2D eigenvalue weighted by Crippen LogP contribution is 2.36. The first-order valence-electron chi connectivity index (χ1n) is 7.25. The third-order valence-corrected chi connectivity index (χ3v) is 5.04. The summed E-state index contributed by atoms with van der Waals surface area (Å²) in [5.41, 5.74) is 0. The molecule has 4 unspecified atom stereocenters. The molecule has 0 radical (unpaired) electrons. The maximum Gasteiger partial charge on any atom is 0.0678 e. The molecule has 3 nitrogen and oxygen atoms in total. The second-order valence-electron chi connectivity index (χ2n) is 6.39. The monoisotopic (exact) mass is 238 g/mol. The zero-order valence-electron chi connectivity index (χ0n) is 11.4. The Hall–Kier alpha value is -0.120. The van der Waals surface area contributed by atoms with Crippen LogP contribution >= 0.6 is 0 Å². The first-order chi connectivity index (χ1) is 8.13. The van der Waals surface area contributed by atoms with Gasteiger partial charge in [0.25, 0.3) is 0 Å². The lowest BCUT2D eigenvalue weighted by Crippen LogP contribution is -2.55. The van der Waals surface area contributed by atoms with E-state index in [2.05, 4.69) is 30.7 Å². The van der Waals surface area contributed by atoms with Gasteiger partial charge in [-0.25, -0.2) is 0 Å². The van der Waals surface area contributed by atoms with Crippen LogP contribution in [-0.4, -0.2) is 60.3 Å². The van der Waals surface area contributed by atoms with E-state index in [4.69, 9.17) is 4.74 Å². The Kier molecular flexibility index (Phi) is 3.18. The van der Waals surface area contributed by atoms with Crippen LogP contribution in [0.25, 0.3) is 0 Å². The molecule has 3 saturated heterocycles. The van der Waals surface area contributed by atoms with E-state index in [1.165, 1.54) is 25.7 Å². The molecule has 4 atom stereocenters. The van der Waals surface area contributed by atoms with Gasteiger partial charge in [-0.3, -0.25) is 4.90 Å². The SMILES string of the molecule is CC1CN(C2CC3CCC(C2)N3C)CC(C)O1. The predicted molar refractivity (Wildman–Crippen MR) is 69.2 cm³/mol. The first kappa shape index (κ1) is 11.9. The van der Waals surface area contributed by atoms with E-state index < -0.39 is 0 Å². The Morgan fingerprint density at radius 2 is 1.41 bits per heavy atom. The fourth-order valence-electron chi connectivity index (χ4n) is 4.20. The van der Waals surface area contributed by atoms with E-state index in [0.717, 1.165) is 31.2 Å². The number of rotatable bonds is 1. The molecule has 0 spiro atoms. The molecule has 0 aromatic rings. The summed E-state index contributed by atoms with van der Waals surface area (Å²) in [6.45, 7) is 6.70. The first-order valence-corrected chi connectivity index (χ1v) is 7.25. The Labute approximate surface area is 105 Å². The maximum atomic E-state index is 5.85. The highest BCUT2D eigenvalue weighted by atomic mass is 16.5. The van der Waals surface area contributed by atoms with E-state index in [0.29, 0.717) is 12.2 Å². The maximum absolute atomic E-state index is 5.85. The topological polar surface area (TPSA) is 15.7 Å². The summed E-state index contributed by atoms with van der Waals surface area (Å²) in [7, 11) is 2.32. The zero-order valence-corrected chi connectivity index (χ0v) is 11.4. The van der Waals surface area contributed by atoms with Crippen LogP contribution in [0.1, 0.15) is 39.5 Å². The fraction of sp³-hybridized carbons (Fsp3) is 1.00. The minimum Gasteiger partial charge on any atom is -0.373 e. The molecule has 0 saturated carbocycles. The Morgan fingerprint density at radius 1 is 0.882 bits per heavy atom. The van der Waals surface area contributed by atoms with Crippen molar-refractivity contribution in [2.24, 2.45) is 0 Å². The zero-order chi connectivity index (χ0) is 12.0. The third kappa shape index (κ3) is 2.25. The van der Waals surface area contributed by atoms with Crippen LogP contribution in [0.3, 0.4) is 0 Å². The Balaban J connectivity index is 1.65. The summed E-state index contributed by atoms with van der Waals surface area (Å²) in [6, 6.07) is 2.52. The highest BCUT2D eigenvalue weighted by molar-refractivity contribution is 4.97. The van der Waals surface area contributed by atoms with Gasteiger partial charge in [0.1, 0.15) is 0 Å². The van der Waals surface area contributed by atoms with Gasteiger partial charge in [0.2, 0.25) is 0 Å². The molecule has 0 aromatic carbocycles. The Bertz CT molecular complexity index is 259. The largest absolute Gasteiger partial charge is 0.373 e. The summed E-state index contributed by atoms with van der Waals surface area (Å²) < 4.78 is 5.85. The van der Waals surface area contributed by atoms with Gasteiger partial charge in [0, 0.05) is 31.2 Å². The van der Waals surface area contributed by atoms with Crippen molar-refractivity contribution in [3.05, 3.63) is 0 Å². The molecular weight excluding hydrogens is 212 g/mol. The highest BCUT2D eigenvalue weighted by Gasteiger charge is 2.41. The number of nitrogens with zero attached hydrogens (tertiary/aromatic N) is 2. The van der Waals surface area contributed by atoms with E-state index in [9.17, 15) is 0 Å². The number of fused-ring (bicyclic) bond motifs is 2. The summed E-state index contributed by atoms with van der Waals surface area (Å²) in [6.07, 6.45) is 6.44. The van der Waals surface area contributed by atoms with Gasteiger partial charge in [0.15, 0.2) is 0 Å². The van der Waals surface area contributed by atoms with Gasteiger partial charge in [0.05, 0.1) is 12.2 Å². The summed E-state index contributed by atoms with van der Waals surface area (Å²) >= 11 is 0. The molecule has 3 heteroatoms. The molecule has 0 amide bonds. The summed E-state index contributed by atoms with van der Waals surface area (Å²) in [4.78, 5) is 5.33. The van der Waals surface area contributed by atoms with E-state index in [1.54, 1.807) is 0 Å². The van der Waals surface area contributed by atoms with E-state index in [1.807, 2.05) is 0 Å². The van der Waals surface area contributed by atoms with Gasteiger partial charge in [-0.15, -0.1) is 0 Å². The second-order valence-corrected chi connectivity index (χ2v) is 6.39. The van der Waals surface area contributed by atoms with Gasteiger partial charge in [-0.2, -0.15) is 0 Å². The van der Waals surface area contributed by atoms with Crippen LogP contribution in [0.2, 0.25) is 0 Å². The minimum absolute atomic E-state index is 0.413. The van der Waals surface area contributed by atoms with Crippen molar-refractivity contribution < 1.29 is 4.74 Å². The van der Waals surface area contributed by atoms with Crippen molar-refractivity contribution in [3.63, 3.8) is 0 Å². The van der Waals surface area contributed by atoms with Crippen LogP contribution in [0.15, 0.2) is 0 Å². The predicted octanol–water partition coefficient (Wildman–Crippen LogP) is 1.72. The van der Waals surface area contributed by atoms with Crippen molar-refractivity contribution in [2.45, 2.75) is 69.9 Å². The number of ether oxygens (including phenoxy) is 1. The lowest BCUT2D eigenvalue weighted by molar-refractivity contribution is -0.0897. The molecular formula is C14H26N2O. The average molecular weight is 238 g/mol. The van der Waals surface area contributed by atoms with E-state index >= 15 is 0 Å². The third-order valence-electron chi connectivity index (χ3n) is 5.04. The molecule has 0 aliphatic carbocycles. The number of hydrogen-bond acceptors (Lipinski definition) is 3. The van der Waals surface area contributed by atoms with Gasteiger partial charge >= 0.3 is 0 Å². The van der Waals surface area contributed by atoms with Crippen molar-refractivity contribution in [2.75, 3.05) is 20.1 Å². The number of piperidine rings is 1. The number of morpholine rings is 1. The molecule has 3 heterocycles. The quantitative estimate of drug-likeness (QED) is 0.692. The van der Waals surface area contributed by atoms with Gasteiger partial charge < -0.3 is 9.64 Å². The van der Waals surface area contributed by atoms with Crippen LogP contribution < -0.4 is 0 Å². The van der Waals surface area contributed by atoms with Crippen LogP contribution in [-0.2, 0) is 4.74 Å². The lowest BCUT2D eigenvalue weighted by Gasteiger charge is -2.45. The van der Waals surface area contributed by atoms with Gasteiger partial charge in [-0.05, 0) is 46.6 Å². The summed E-state index contributed by atoms with van der Waals surface area (Å²) in [5.74, 6) is 0. The van der Waals surface area contributed by atoms with Crippen molar-refractivity contribution in [1.82, 2.24) is 9.80 Å². The van der Waals surface area contributed by atoms with E-state index in [-0.39, 0.29) is 0 Å². The second kappa shape index (κ2) is 4.52. The molecule has 3 aliphatic heterocycles. The Morgan fingerprint density at radius 3 is 1.94 bits per heavy atom. The van der Waals surface area contributed by atoms with Crippen LogP contribution in [0, 0.1) is 0 Å². The minimum atomic E-state index is 0.413. The molecule has 98 valence electrons. The van der Waals surface area contributed by atoms with Gasteiger partial charge in [-0.1, -0.05) is 0 Å². The number of hydrogen-bond donors (Lipinski definition) is 0. The molecule has 3 rings (SSSR count). The molecule has 0 N–H and O–H groups in total. The lowest BCUT2D eigenvalue weighted by atomic mass is 9.95. The van der Waals surface area contributed by atoms with Crippen LogP contribution in [0.5, 0.6) is 0 Å². The summed E-state index contributed by atoms with van der Waals surface area (Å²) in [5, 5.41) is 0. The fourth-order valence-corrected chi connectivity index (χ4v) is 4.20. The molecule has 17 heavy (non-hydrogen) atoms. The van der Waals surface area contributed by atoms with Crippen molar-refractivity contribution >= 4 is 0 Å². The molecule has 0 aromatic heterocycles.